The highest BCUT2D eigenvalue weighted by Gasteiger charge is 2.52. The second-order valence-corrected chi connectivity index (χ2v) is 7.29. The highest BCUT2D eigenvalue weighted by atomic mass is 32.2. The molecule has 2 rings (SSSR count). The Morgan fingerprint density at radius 3 is 2.70 bits per heavy atom. The lowest BCUT2D eigenvalue weighted by atomic mass is 10.2. The van der Waals surface area contributed by atoms with Gasteiger partial charge in [-0.15, -0.1) is 0 Å². The molecular formula is C12H15N3O4S. The van der Waals surface area contributed by atoms with Crippen LogP contribution in [0.3, 0.4) is 0 Å². The summed E-state index contributed by atoms with van der Waals surface area (Å²) in [7, 11) is -3.19. The van der Waals surface area contributed by atoms with Crippen molar-refractivity contribution in [2.75, 3.05) is 12.9 Å². The predicted molar refractivity (Wildman–Crippen MR) is 69.7 cm³/mol. The molecule has 20 heavy (non-hydrogen) atoms. The van der Waals surface area contributed by atoms with Gasteiger partial charge in [-0.05, 0) is 19.8 Å². The fraction of sp³-hybridized carbons (Fsp3) is 0.583. The summed E-state index contributed by atoms with van der Waals surface area (Å²) in [4.78, 5) is 11.7. The normalized spacial score (nSPS) is 16.4. The number of esters is 1. The summed E-state index contributed by atoms with van der Waals surface area (Å²) in [5, 5.41) is 12.9. The van der Waals surface area contributed by atoms with Gasteiger partial charge in [0.15, 0.2) is 15.5 Å². The molecule has 0 unspecified atom stereocenters. The molecule has 0 aromatic carbocycles. The first kappa shape index (κ1) is 14.5. The molecule has 0 amide bonds. The molecule has 0 aliphatic heterocycles. The van der Waals surface area contributed by atoms with E-state index in [-0.39, 0.29) is 24.4 Å². The van der Waals surface area contributed by atoms with Crippen LogP contribution >= 0.6 is 0 Å². The fourth-order valence-electron chi connectivity index (χ4n) is 2.02. The number of aromatic nitrogens is 2. The Morgan fingerprint density at radius 1 is 1.60 bits per heavy atom. The maximum absolute atomic E-state index is 11.7. The van der Waals surface area contributed by atoms with Gasteiger partial charge in [0.25, 0.3) is 0 Å². The molecule has 1 aliphatic rings. The zero-order valence-corrected chi connectivity index (χ0v) is 12.1. The Labute approximate surface area is 117 Å². The lowest BCUT2D eigenvalue weighted by Crippen LogP contribution is -2.27. The first-order chi connectivity index (χ1) is 9.33. The van der Waals surface area contributed by atoms with E-state index in [4.69, 9.17) is 10.00 Å². The molecule has 0 radical (unpaired) electrons. The molecule has 8 heteroatoms. The number of hydrogen-bond acceptors (Lipinski definition) is 6. The molecule has 1 aliphatic carbocycles. The summed E-state index contributed by atoms with van der Waals surface area (Å²) in [6.45, 7) is 2.01. The van der Waals surface area contributed by atoms with E-state index in [2.05, 4.69) is 5.10 Å². The van der Waals surface area contributed by atoms with E-state index in [0.717, 1.165) is 0 Å². The van der Waals surface area contributed by atoms with E-state index in [1.54, 1.807) is 6.92 Å². The van der Waals surface area contributed by atoms with Gasteiger partial charge < -0.3 is 4.74 Å². The summed E-state index contributed by atoms with van der Waals surface area (Å²) >= 11 is 0. The molecule has 0 N–H and O–H groups in total. The zero-order valence-electron chi connectivity index (χ0n) is 11.3. The maximum atomic E-state index is 11.7. The maximum Gasteiger partial charge on any atom is 0.342 e. The third-order valence-corrected chi connectivity index (χ3v) is 5.52. The van der Waals surface area contributed by atoms with Crippen molar-refractivity contribution in [1.82, 2.24) is 9.78 Å². The van der Waals surface area contributed by atoms with Crippen molar-refractivity contribution in [3.63, 3.8) is 0 Å². The number of carbonyl (C=O) groups excluding carboxylic acids is 1. The van der Waals surface area contributed by atoms with Gasteiger partial charge in [0, 0.05) is 12.5 Å². The number of rotatable bonds is 5. The summed E-state index contributed by atoms with van der Waals surface area (Å²) in [6.07, 6.45) is 3.72. The Bertz CT molecular complexity index is 680. The summed E-state index contributed by atoms with van der Waals surface area (Å²) in [5.74, 6) is -0.625. The summed E-state index contributed by atoms with van der Waals surface area (Å²) < 4.78 is 28.8. The largest absolute Gasteiger partial charge is 0.462 e. The minimum absolute atomic E-state index is 0.0484. The van der Waals surface area contributed by atoms with Crippen LogP contribution in [0.5, 0.6) is 0 Å². The summed E-state index contributed by atoms with van der Waals surface area (Å²) in [5.41, 5.74) is 0.0198. The minimum atomic E-state index is -3.19. The Morgan fingerprint density at radius 2 is 2.25 bits per heavy atom. The molecule has 1 saturated carbocycles. The monoisotopic (exact) mass is 297 g/mol. The molecule has 1 aromatic heterocycles. The van der Waals surface area contributed by atoms with Crippen molar-refractivity contribution in [3.8, 4) is 6.07 Å². The average Bonchev–Trinajstić information content (AvgIpc) is 3.02. The van der Waals surface area contributed by atoms with Crippen molar-refractivity contribution in [2.24, 2.45) is 0 Å². The van der Waals surface area contributed by atoms with Crippen molar-refractivity contribution in [3.05, 3.63) is 17.5 Å². The third-order valence-electron chi connectivity index (χ3n) is 3.41. The van der Waals surface area contributed by atoms with Gasteiger partial charge in [0.05, 0.1) is 17.9 Å². The first-order valence-electron chi connectivity index (χ1n) is 6.17. The molecule has 0 saturated heterocycles. The number of sulfone groups is 1. The van der Waals surface area contributed by atoms with Gasteiger partial charge in [-0.25, -0.2) is 13.2 Å². The highest BCUT2D eigenvalue weighted by Crippen LogP contribution is 2.44. The lowest BCUT2D eigenvalue weighted by molar-refractivity contribution is 0.0526. The molecule has 1 aromatic rings. The summed E-state index contributed by atoms with van der Waals surface area (Å²) in [6, 6.07) is 1.82. The van der Waals surface area contributed by atoms with Gasteiger partial charge in [0.1, 0.15) is 11.6 Å². The van der Waals surface area contributed by atoms with E-state index in [9.17, 15) is 13.2 Å². The van der Waals surface area contributed by atoms with Crippen LogP contribution in [0.25, 0.3) is 0 Å². The predicted octanol–water partition coefficient (Wildman–Crippen LogP) is 0.509. The van der Waals surface area contributed by atoms with Crippen molar-refractivity contribution < 1.29 is 17.9 Å². The quantitative estimate of drug-likeness (QED) is 0.734. The zero-order chi connectivity index (χ0) is 15.0. The van der Waals surface area contributed by atoms with E-state index in [1.165, 1.54) is 17.1 Å². The third kappa shape index (κ3) is 2.54. The SMILES string of the molecule is CCOC(=O)c1cn(CC2(S(C)(=O)=O)CC2)nc1C#N. The van der Waals surface area contributed by atoms with E-state index in [0.29, 0.717) is 12.8 Å². The van der Waals surface area contributed by atoms with E-state index in [1.807, 2.05) is 6.07 Å². The van der Waals surface area contributed by atoms with Gasteiger partial charge in [-0.3, -0.25) is 4.68 Å². The average molecular weight is 297 g/mol. The number of hydrogen-bond donors (Lipinski definition) is 0. The molecule has 0 bridgehead atoms. The second kappa shape index (κ2) is 4.90. The van der Waals surface area contributed by atoms with Crippen molar-refractivity contribution in [2.45, 2.75) is 31.1 Å². The number of carbonyl (C=O) groups is 1. The van der Waals surface area contributed by atoms with Crippen LogP contribution < -0.4 is 0 Å². The fourth-order valence-corrected chi connectivity index (χ4v) is 3.23. The highest BCUT2D eigenvalue weighted by molar-refractivity contribution is 7.92. The molecule has 0 atom stereocenters. The van der Waals surface area contributed by atoms with Crippen LogP contribution in [-0.4, -0.2) is 41.8 Å². The van der Waals surface area contributed by atoms with Crippen LogP contribution in [0.4, 0.5) is 0 Å². The first-order valence-corrected chi connectivity index (χ1v) is 8.06. The Balaban J connectivity index is 2.28. The van der Waals surface area contributed by atoms with Crippen LogP contribution in [-0.2, 0) is 21.1 Å². The second-order valence-electron chi connectivity index (χ2n) is 4.88. The van der Waals surface area contributed by atoms with Crippen LogP contribution in [0.2, 0.25) is 0 Å². The van der Waals surface area contributed by atoms with E-state index >= 15 is 0 Å². The van der Waals surface area contributed by atoms with Crippen LogP contribution in [0, 0.1) is 11.3 Å². The lowest BCUT2D eigenvalue weighted by Gasteiger charge is -2.12. The standard InChI is InChI=1S/C12H15N3O4S/c1-3-19-11(16)9-7-15(14-10(9)6-13)8-12(4-5-12)20(2,17)18/h7H,3-5,8H2,1-2H3. The molecule has 7 nitrogen and oxygen atoms in total. The van der Waals surface area contributed by atoms with Gasteiger partial charge >= 0.3 is 5.97 Å². The number of nitrogens with zero attached hydrogens (tertiary/aromatic N) is 3. The van der Waals surface area contributed by atoms with Gasteiger partial charge in [-0.1, -0.05) is 0 Å². The molecule has 1 heterocycles. The molecule has 0 spiro atoms. The van der Waals surface area contributed by atoms with Crippen molar-refractivity contribution >= 4 is 15.8 Å². The molecule has 108 valence electrons. The van der Waals surface area contributed by atoms with Gasteiger partial charge in [-0.2, -0.15) is 10.4 Å². The van der Waals surface area contributed by atoms with Crippen LogP contribution in [0.15, 0.2) is 6.20 Å². The Kier molecular flexibility index (Phi) is 3.56. The van der Waals surface area contributed by atoms with Crippen molar-refractivity contribution in [1.29, 1.82) is 5.26 Å². The van der Waals surface area contributed by atoms with E-state index < -0.39 is 20.6 Å². The Hall–Kier alpha value is -1.88. The van der Waals surface area contributed by atoms with Crippen LogP contribution in [0.1, 0.15) is 35.8 Å². The molecule has 1 fully saturated rings. The number of nitriles is 1. The number of ether oxygens (including phenoxy) is 1. The smallest absolute Gasteiger partial charge is 0.342 e. The molecular weight excluding hydrogens is 282 g/mol. The minimum Gasteiger partial charge on any atom is -0.462 e. The van der Waals surface area contributed by atoms with Gasteiger partial charge in [0.2, 0.25) is 0 Å². The topological polar surface area (TPSA) is 102 Å².